The number of Topliss-reactive ketones (excluding diaryl/α,β-unsaturated/α-hetero) is 1. The highest BCUT2D eigenvalue weighted by atomic mass is 19.1. The van der Waals surface area contributed by atoms with Gasteiger partial charge in [-0.1, -0.05) is 24.3 Å². The van der Waals surface area contributed by atoms with E-state index < -0.39 is 0 Å². The van der Waals surface area contributed by atoms with Crippen molar-refractivity contribution in [1.82, 2.24) is 10.4 Å². The van der Waals surface area contributed by atoms with Crippen LogP contribution in [0.4, 0.5) is 10.2 Å². The van der Waals surface area contributed by atoms with Crippen molar-refractivity contribution in [2.75, 3.05) is 18.1 Å². The van der Waals surface area contributed by atoms with E-state index >= 15 is 0 Å². The lowest BCUT2D eigenvalue weighted by Crippen LogP contribution is -2.39. The number of carbonyl (C=O) groups excluding carboxylic acids is 1. The smallest absolute Gasteiger partial charge is 0.162 e. The van der Waals surface area contributed by atoms with Crippen LogP contribution in [0.5, 0.6) is 0 Å². The average Bonchev–Trinajstić information content (AvgIpc) is 2.99. The van der Waals surface area contributed by atoms with E-state index in [4.69, 9.17) is 0 Å². The molecule has 150 valence electrons. The quantitative estimate of drug-likeness (QED) is 0.591. The summed E-state index contributed by atoms with van der Waals surface area (Å²) in [6, 6.07) is 16.2. The molecule has 1 atom stereocenters. The molecule has 3 aromatic rings. The van der Waals surface area contributed by atoms with Gasteiger partial charge in [0, 0.05) is 36.7 Å². The first-order valence-corrected chi connectivity index (χ1v) is 10.3. The lowest BCUT2D eigenvalue weighted by Gasteiger charge is -2.23. The summed E-state index contributed by atoms with van der Waals surface area (Å²) in [6.07, 6.45) is 6.55. The summed E-state index contributed by atoms with van der Waals surface area (Å²) in [6.45, 7) is 1.82. The molecule has 1 unspecified atom stereocenters. The summed E-state index contributed by atoms with van der Waals surface area (Å²) in [7, 11) is 0. The van der Waals surface area contributed by atoms with Crippen LogP contribution in [0.25, 0.3) is 10.8 Å². The number of aromatic nitrogens is 1. The molecule has 5 heteroatoms. The maximum Gasteiger partial charge on any atom is 0.162 e. The Bertz CT molecular complexity index is 973. The molecule has 0 spiro atoms. The zero-order valence-electron chi connectivity index (χ0n) is 16.5. The topological polar surface area (TPSA) is 45.2 Å². The van der Waals surface area contributed by atoms with Crippen molar-refractivity contribution < 1.29 is 9.18 Å². The fourth-order valence-corrected chi connectivity index (χ4v) is 3.95. The number of benzene rings is 2. The van der Waals surface area contributed by atoms with Gasteiger partial charge in [-0.25, -0.2) is 14.8 Å². The summed E-state index contributed by atoms with van der Waals surface area (Å²) in [5.74, 6) is 1.28. The van der Waals surface area contributed by atoms with E-state index in [2.05, 4.69) is 33.6 Å². The van der Waals surface area contributed by atoms with Gasteiger partial charge in [-0.2, -0.15) is 0 Å². The third kappa shape index (κ3) is 4.98. The van der Waals surface area contributed by atoms with E-state index in [1.165, 1.54) is 17.5 Å². The number of carbonyl (C=O) groups is 1. The maximum atomic E-state index is 13.0. The van der Waals surface area contributed by atoms with Crippen molar-refractivity contribution in [2.45, 2.75) is 32.1 Å². The van der Waals surface area contributed by atoms with Crippen LogP contribution in [0.2, 0.25) is 0 Å². The molecular formula is C24H26FN3O. The number of anilines is 1. The van der Waals surface area contributed by atoms with Crippen LogP contribution >= 0.6 is 0 Å². The molecule has 0 radical (unpaired) electrons. The van der Waals surface area contributed by atoms with Gasteiger partial charge in [-0.3, -0.25) is 9.80 Å². The van der Waals surface area contributed by atoms with Crippen molar-refractivity contribution in [3.63, 3.8) is 0 Å². The monoisotopic (exact) mass is 391 g/mol. The maximum absolute atomic E-state index is 13.0. The molecule has 0 aliphatic carbocycles. The molecule has 0 bridgehead atoms. The lowest BCUT2D eigenvalue weighted by atomic mass is 9.95. The number of hydrogen-bond acceptors (Lipinski definition) is 4. The Labute approximate surface area is 170 Å². The lowest BCUT2D eigenvalue weighted by molar-refractivity contribution is 0.0977. The first kappa shape index (κ1) is 19.5. The number of hydrogen-bond donors (Lipinski definition) is 1. The summed E-state index contributed by atoms with van der Waals surface area (Å²) in [5, 5.41) is 4.49. The molecule has 1 aliphatic rings. The minimum atomic E-state index is -0.309. The second kappa shape index (κ2) is 9.14. The average molecular weight is 391 g/mol. The highest BCUT2D eigenvalue weighted by Crippen LogP contribution is 2.23. The first-order valence-electron chi connectivity index (χ1n) is 10.3. The standard InChI is InChI=1S/C24H26FN3O/c25-22-12-10-19(11-13-22)23(29)9-3-5-18-6-4-14-28(27-16-18)24-15-20-7-1-2-8-21(20)17-26-24/h1-2,7-8,10-13,15,17-18,27H,3-6,9,14,16H2. The normalized spacial score (nSPS) is 17.3. The highest BCUT2D eigenvalue weighted by Gasteiger charge is 2.18. The number of nitrogens with zero attached hydrogens (tertiary/aromatic N) is 2. The van der Waals surface area contributed by atoms with Crippen LogP contribution in [0.15, 0.2) is 60.8 Å². The van der Waals surface area contributed by atoms with E-state index in [-0.39, 0.29) is 11.6 Å². The van der Waals surface area contributed by atoms with Gasteiger partial charge in [-0.05, 0) is 67.3 Å². The predicted octanol–water partition coefficient (Wildman–Crippen LogP) is 5.15. The first-order chi connectivity index (χ1) is 14.2. The summed E-state index contributed by atoms with van der Waals surface area (Å²) >= 11 is 0. The Morgan fingerprint density at radius 1 is 1.14 bits per heavy atom. The number of nitrogens with one attached hydrogen (secondary N) is 1. The number of halogens is 1. The summed E-state index contributed by atoms with van der Waals surface area (Å²) in [4.78, 5) is 16.9. The molecular weight excluding hydrogens is 365 g/mol. The van der Waals surface area contributed by atoms with Gasteiger partial charge in [0.15, 0.2) is 5.78 Å². The second-order valence-electron chi connectivity index (χ2n) is 7.73. The molecule has 1 N–H and O–H groups in total. The van der Waals surface area contributed by atoms with Crippen LogP contribution < -0.4 is 10.4 Å². The number of hydrazine groups is 1. The molecule has 1 saturated heterocycles. The van der Waals surface area contributed by atoms with E-state index in [9.17, 15) is 9.18 Å². The predicted molar refractivity (Wildman–Crippen MR) is 114 cm³/mol. The van der Waals surface area contributed by atoms with Crippen LogP contribution in [0, 0.1) is 11.7 Å². The van der Waals surface area contributed by atoms with Gasteiger partial charge in [0.1, 0.15) is 11.6 Å². The van der Waals surface area contributed by atoms with Crippen molar-refractivity contribution >= 4 is 22.4 Å². The number of fused-ring (bicyclic) bond motifs is 1. The molecule has 2 aromatic carbocycles. The SMILES string of the molecule is O=C(CCCC1CCCN(c2cc3ccccc3cn2)NC1)c1ccc(F)cc1. The van der Waals surface area contributed by atoms with E-state index in [1.54, 1.807) is 12.1 Å². The van der Waals surface area contributed by atoms with Gasteiger partial charge >= 0.3 is 0 Å². The molecule has 1 aromatic heterocycles. The largest absolute Gasteiger partial charge is 0.294 e. The molecule has 0 saturated carbocycles. The molecule has 4 rings (SSSR count). The van der Waals surface area contributed by atoms with Crippen LogP contribution in [0.1, 0.15) is 42.5 Å². The van der Waals surface area contributed by atoms with Gasteiger partial charge in [-0.15, -0.1) is 0 Å². The van der Waals surface area contributed by atoms with Gasteiger partial charge in [0.2, 0.25) is 0 Å². The van der Waals surface area contributed by atoms with Gasteiger partial charge in [0.05, 0.1) is 0 Å². The molecule has 4 nitrogen and oxygen atoms in total. The minimum Gasteiger partial charge on any atom is -0.294 e. The van der Waals surface area contributed by atoms with Crippen molar-refractivity contribution in [1.29, 1.82) is 0 Å². The van der Waals surface area contributed by atoms with Crippen molar-refractivity contribution in [3.8, 4) is 0 Å². The minimum absolute atomic E-state index is 0.0913. The Balaban J connectivity index is 1.28. The number of ketones is 1. The second-order valence-corrected chi connectivity index (χ2v) is 7.73. The van der Waals surface area contributed by atoms with Crippen molar-refractivity contribution in [2.24, 2.45) is 5.92 Å². The fraction of sp³-hybridized carbons (Fsp3) is 0.333. The van der Waals surface area contributed by atoms with Crippen LogP contribution in [-0.4, -0.2) is 23.9 Å². The van der Waals surface area contributed by atoms with Crippen LogP contribution in [-0.2, 0) is 0 Å². The third-order valence-electron chi connectivity index (χ3n) is 5.64. The molecule has 0 amide bonds. The molecule has 2 heterocycles. The van der Waals surface area contributed by atoms with E-state index in [0.717, 1.165) is 50.0 Å². The molecule has 29 heavy (non-hydrogen) atoms. The Kier molecular flexibility index (Phi) is 6.15. The van der Waals surface area contributed by atoms with Crippen molar-refractivity contribution in [3.05, 3.63) is 72.2 Å². The van der Waals surface area contributed by atoms with Gasteiger partial charge in [0.25, 0.3) is 0 Å². The van der Waals surface area contributed by atoms with Gasteiger partial charge < -0.3 is 0 Å². The Morgan fingerprint density at radius 2 is 1.93 bits per heavy atom. The highest BCUT2D eigenvalue weighted by molar-refractivity contribution is 5.95. The fourth-order valence-electron chi connectivity index (χ4n) is 3.95. The summed E-state index contributed by atoms with van der Waals surface area (Å²) in [5.41, 5.74) is 4.13. The number of rotatable bonds is 6. The van der Waals surface area contributed by atoms with Crippen LogP contribution in [0.3, 0.4) is 0 Å². The third-order valence-corrected chi connectivity index (χ3v) is 5.64. The molecule has 1 aliphatic heterocycles. The van der Waals surface area contributed by atoms with E-state index in [1.807, 2.05) is 18.3 Å². The Morgan fingerprint density at radius 3 is 2.76 bits per heavy atom. The zero-order chi connectivity index (χ0) is 20.1. The Hall–Kier alpha value is -2.79. The summed E-state index contributed by atoms with van der Waals surface area (Å²) < 4.78 is 13.0. The van der Waals surface area contributed by atoms with E-state index in [0.29, 0.717) is 17.9 Å². The molecule has 1 fully saturated rings. The zero-order valence-corrected chi connectivity index (χ0v) is 16.5. The number of pyridine rings is 1.